The van der Waals surface area contributed by atoms with Gasteiger partial charge in [-0.2, -0.15) is 0 Å². The minimum Gasteiger partial charge on any atom is -0.497 e. The van der Waals surface area contributed by atoms with Gasteiger partial charge in [0.25, 0.3) is 0 Å². The molecule has 1 radical (unpaired) electrons. The summed E-state index contributed by atoms with van der Waals surface area (Å²) in [5, 5.41) is 9.54. The number of aromatic nitrogens is 2. The molecule has 34 heavy (non-hydrogen) atoms. The Balaban J connectivity index is 0.00000324. The number of hydrogen-bond donors (Lipinski definition) is 1. The second-order valence-electron chi connectivity index (χ2n) is 7.83. The van der Waals surface area contributed by atoms with Crippen molar-refractivity contribution in [2.75, 3.05) is 7.11 Å². The van der Waals surface area contributed by atoms with Crippen molar-refractivity contribution in [1.82, 2.24) is 9.97 Å². The molecule has 0 saturated heterocycles. The van der Waals surface area contributed by atoms with Gasteiger partial charge in [0.05, 0.1) is 13.2 Å². The number of ether oxygens (including phenoxy) is 2. The van der Waals surface area contributed by atoms with E-state index in [-0.39, 0.29) is 42.1 Å². The maximum Gasteiger partial charge on any atom is 0.303 e. The van der Waals surface area contributed by atoms with E-state index in [1.165, 1.54) is 6.33 Å². The van der Waals surface area contributed by atoms with Crippen molar-refractivity contribution in [3.8, 4) is 34.1 Å². The second-order valence-corrected chi connectivity index (χ2v) is 7.83. The van der Waals surface area contributed by atoms with Gasteiger partial charge in [-0.25, -0.2) is 9.97 Å². The molecule has 0 aliphatic carbocycles. The molecule has 0 spiro atoms. The Morgan fingerprint density at radius 3 is 2.44 bits per heavy atom. The Morgan fingerprint density at radius 2 is 1.76 bits per heavy atom. The van der Waals surface area contributed by atoms with Gasteiger partial charge < -0.3 is 19.0 Å². The Morgan fingerprint density at radius 1 is 1.03 bits per heavy atom. The molecule has 0 amide bonds. The van der Waals surface area contributed by atoms with Gasteiger partial charge in [0.2, 0.25) is 11.6 Å². The van der Waals surface area contributed by atoms with E-state index in [1.807, 2.05) is 61.5 Å². The number of rotatable bonds is 10. The SMILES string of the molecule is COc1ccc(-c2c(-c3ccccc3)oc3ncnc(OC(C)CCCCC(=O)O)c23)cc1.[Na]. The van der Waals surface area contributed by atoms with E-state index < -0.39 is 5.97 Å². The van der Waals surface area contributed by atoms with Crippen LogP contribution in [-0.4, -0.2) is 63.8 Å². The first-order valence-electron chi connectivity index (χ1n) is 10.9. The van der Waals surface area contributed by atoms with Crippen LogP contribution in [0.1, 0.15) is 32.6 Å². The third kappa shape index (κ3) is 5.97. The third-order valence-electron chi connectivity index (χ3n) is 5.43. The molecule has 4 aromatic rings. The van der Waals surface area contributed by atoms with Crippen LogP contribution in [-0.2, 0) is 4.79 Å². The van der Waals surface area contributed by atoms with Gasteiger partial charge in [0.15, 0.2) is 0 Å². The van der Waals surface area contributed by atoms with Gasteiger partial charge in [0, 0.05) is 47.1 Å². The molecule has 0 fully saturated rings. The maximum absolute atomic E-state index is 10.7. The van der Waals surface area contributed by atoms with Crippen LogP contribution < -0.4 is 9.47 Å². The number of carbonyl (C=O) groups is 1. The van der Waals surface area contributed by atoms with Gasteiger partial charge in [-0.1, -0.05) is 42.5 Å². The summed E-state index contributed by atoms with van der Waals surface area (Å²) in [6.45, 7) is 1.96. The maximum atomic E-state index is 10.7. The minimum atomic E-state index is -0.781. The summed E-state index contributed by atoms with van der Waals surface area (Å²) in [5.41, 5.74) is 3.16. The summed E-state index contributed by atoms with van der Waals surface area (Å²) < 4.78 is 17.7. The van der Waals surface area contributed by atoms with Gasteiger partial charge in [0.1, 0.15) is 23.2 Å². The zero-order chi connectivity index (χ0) is 23.2. The number of fused-ring (bicyclic) bond motifs is 1. The summed E-state index contributed by atoms with van der Waals surface area (Å²) in [6, 6.07) is 17.6. The van der Waals surface area contributed by atoms with Crippen LogP contribution in [0.2, 0.25) is 0 Å². The van der Waals surface area contributed by atoms with Crippen LogP contribution in [0.15, 0.2) is 65.3 Å². The minimum absolute atomic E-state index is 0. The monoisotopic (exact) mass is 469 g/mol. The Bertz CT molecular complexity index is 1230. The molecule has 0 bridgehead atoms. The standard InChI is InChI=1S/C26H26N2O5.Na/c1-17(8-6-7-11-21(29)30)32-25-23-22(18-12-14-20(31-2)15-13-18)24(19-9-4-3-5-10-19)33-26(23)28-16-27-25;/h3-5,9-10,12-17H,6-8,11H2,1-2H3,(H,29,30);. The molecule has 2 heterocycles. The number of methoxy groups -OCH3 is 1. The number of aliphatic carboxylic acids is 1. The van der Waals surface area contributed by atoms with Crippen molar-refractivity contribution in [3.05, 3.63) is 60.9 Å². The average molecular weight is 469 g/mol. The first-order valence-corrected chi connectivity index (χ1v) is 10.9. The number of unbranched alkanes of at least 4 members (excludes halogenated alkanes) is 1. The Kier molecular flexibility index (Phi) is 9.10. The van der Waals surface area contributed by atoms with Crippen molar-refractivity contribution < 1.29 is 23.8 Å². The van der Waals surface area contributed by atoms with Gasteiger partial charge >= 0.3 is 5.97 Å². The predicted molar refractivity (Wildman–Crippen MR) is 131 cm³/mol. The predicted octanol–water partition coefficient (Wildman–Crippen LogP) is 5.60. The first kappa shape index (κ1) is 25.7. The first-order chi connectivity index (χ1) is 16.1. The fraction of sp³-hybridized carbons (Fsp3) is 0.269. The largest absolute Gasteiger partial charge is 0.497 e. The van der Waals surface area contributed by atoms with E-state index in [0.29, 0.717) is 29.2 Å². The number of benzene rings is 2. The van der Waals surface area contributed by atoms with Gasteiger partial charge in [-0.3, -0.25) is 4.79 Å². The molecule has 7 nitrogen and oxygen atoms in total. The second kappa shape index (κ2) is 12.0. The summed E-state index contributed by atoms with van der Waals surface area (Å²) >= 11 is 0. The van der Waals surface area contributed by atoms with Crippen LogP contribution in [0.4, 0.5) is 0 Å². The molecule has 2 aromatic heterocycles. The summed E-state index contributed by atoms with van der Waals surface area (Å²) in [6.07, 6.45) is 3.55. The van der Waals surface area contributed by atoms with Crippen molar-refractivity contribution in [3.63, 3.8) is 0 Å². The van der Waals surface area contributed by atoms with Crippen LogP contribution in [0.5, 0.6) is 11.6 Å². The van der Waals surface area contributed by atoms with E-state index in [1.54, 1.807) is 7.11 Å². The normalized spacial score (nSPS) is 11.6. The van der Waals surface area contributed by atoms with E-state index in [9.17, 15) is 4.79 Å². The van der Waals surface area contributed by atoms with E-state index in [2.05, 4.69) is 9.97 Å². The number of furan rings is 1. The molecule has 4 rings (SSSR count). The molecule has 1 unspecified atom stereocenters. The van der Waals surface area contributed by atoms with Crippen LogP contribution in [0.25, 0.3) is 33.6 Å². The average Bonchev–Trinajstić information content (AvgIpc) is 3.23. The fourth-order valence-electron chi connectivity index (χ4n) is 3.78. The Labute approximate surface area is 220 Å². The van der Waals surface area contributed by atoms with Gasteiger partial charge in [-0.15, -0.1) is 0 Å². The molecule has 0 aliphatic heterocycles. The van der Waals surface area contributed by atoms with Crippen molar-refractivity contribution in [2.24, 2.45) is 0 Å². The van der Waals surface area contributed by atoms with Crippen molar-refractivity contribution in [2.45, 2.75) is 38.7 Å². The number of carboxylic acids is 1. The number of hydrogen-bond acceptors (Lipinski definition) is 6. The van der Waals surface area contributed by atoms with Gasteiger partial charge in [-0.05, 0) is 43.9 Å². The smallest absolute Gasteiger partial charge is 0.303 e. The molecule has 0 saturated carbocycles. The van der Waals surface area contributed by atoms with Crippen molar-refractivity contribution >= 4 is 46.6 Å². The van der Waals surface area contributed by atoms with Crippen LogP contribution in [0, 0.1) is 0 Å². The molecule has 8 heteroatoms. The van der Waals surface area contributed by atoms with E-state index in [0.717, 1.165) is 35.3 Å². The Hall–Kier alpha value is -2.87. The summed E-state index contributed by atoms with van der Waals surface area (Å²) in [5.74, 6) is 1.12. The molecule has 0 aliphatic rings. The quantitative estimate of drug-likeness (QED) is 0.239. The third-order valence-corrected chi connectivity index (χ3v) is 5.43. The number of nitrogens with zero attached hydrogens (tertiary/aromatic N) is 2. The topological polar surface area (TPSA) is 94.7 Å². The van der Waals surface area contributed by atoms with Crippen molar-refractivity contribution in [1.29, 1.82) is 0 Å². The van der Waals surface area contributed by atoms with E-state index in [4.69, 9.17) is 19.0 Å². The molecular formula is C26H26N2NaO5. The van der Waals surface area contributed by atoms with Crippen LogP contribution in [0.3, 0.4) is 0 Å². The van der Waals surface area contributed by atoms with Crippen LogP contribution >= 0.6 is 0 Å². The molecular weight excluding hydrogens is 443 g/mol. The molecule has 1 atom stereocenters. The summed E-state index contributed by atoms with van der Waals surface area (Å²) in [7, 11) is 1.63. The fourth-order valence-corrected chi connectivity index (χ4v) is 3.78. The zero-order valence-corrected chi connectivity index (χ0v) is 21.7. The molecule has 2 aromatic carbocycles. The molecule has 1 N–H and O–H groups in total. The van der Waals surface area contributed by atoms with E-state index >= 15 is 0 Å². The number of carboxylic acid groups (broad SMARTS) is 1. The zero-order valence-electron chi connectivity index (χ0n) is 19.7. The molecule has 171 valence electrons. The summed E-state index contributed by atoms with van der Waals surface area (Å²) in [4.78, 5) is 19.5.